The van der Waals surface area contributed by atoms with Gasteiger partial charge in [-0.3, -0.25) is 14.5 Å². The highest BCUT2D eigenvalue weighted by Gasteiger charge is 2.36. The Balaban J connectivity index is 3.05. The summed E-state index contributed by atoms with van der Waals surface area (Å²) in [5, 5.41) is 3.11. The first kappa shape index (κ1) is 31.1. The van der Waals surface area contributed by atoms with Gasteiger partial charge in [-0.25, -0.2) is 4.79 Å². The van der Waals surface area contributed by atoms with Gasteiger partial charge in [-0.2, -0.15) is 0 Å². The molecule has 0 saturated carbocycles. The lowest BCUT2D eigenvalue weighted by molar-refractivity contribution is -0.140. The Hall–Kier alpha value is -1.89. The number of ether oxygens (including phenoxy) is 1. The molecule has 35 heavy (non-hydrogen) atoms. The molecule has 0 aromatic heterocycles. The van der Waals surface area contributed by atoms with Gasteiger partial charge in [0, 0.05) is 18.7 Å². The number of carbonyl (C=O) groups excluding carboxylic acids is 3. The van der Waals surface area contributed by atoms with Crippen molar-refractivity contribution in [2.45, 2.75) is 118 Å². The lowest BCUT2D eigenvalue weighted by Crippen LogP contribution is -2.59. The predicted octanol–water partition coefficient (Wildman–Crippen LogP) is 4.55. The van der Waals surface area contributed by atoms with Crippen LogP contribution in [0, 0.1) is 11.8 Å². The van der Waals surface area contributed by atoms with Crippen molar-refractivity contribution >= 4 is 17.8 Å². The van der Waals surface area contributed by atoms with Crippen LogP contribution in [0.4, 0.5) is 0 Å². The highest BCUT2D eigenvalue weighted by atomic mass is 16.5. The van der Waals surface area contributed by atoms with Crippen LogP contribution in [0.15, 0.2) is 11.6 Å². The van der Waals surface area contributed by atoms with E-state index in [0.717, 1.165) is 45.1 Å². The van der Waals surface area contributed by atoms with Crippen LogP contribution in [-0.4, -0.2) is 72.0 Å². The maximum atomic E-state index is 13.6. The molecule has 4 atom stereocenters. The SMILES string of the molecule is CCCCC(C)N1CCCC[C@@H]1C(=O)N[C@H](C(=O)N(C)[C@H](/C=C(\C)C(=O)OCC)C(C)C)C(C)C. The van der Waals surface area contributed by atoms with E-state index in [1.54, 1.807) is 31.9 Å². The first-order valence-electron chi connectivity index (χ1n) is 13.6. The van der Waals surface area contributed by atoms with Gasteiger partial charge in [0.05, 0.1) is 18.7 Å². The van der Waals surface area contributed by atoms with E-state index in [9.17, 15) is 14.4 Å². The van der Waals surface area contributed by atoms with E-state index in [-0.39, 0.29) is 41.7 Å². The minimum Gasteiger partial charge on any atom is -0.463 e. The van der Waals surface area contributed by atoms with Crippen LogP contribution in [0.1, 0.15) is 93.9 Å². The van der Waals surface area contributed by atoms with Crippen molar-refractivity contribution in [3.8, 4) is 0 Å². The second kappa shape index (κ2) is 15.3. The largest absolute Gasteiger partial charge is 0.463 e. The van der Waals surface area contributed by atoms with Crippen LogP contribution in [0.3, 0.4) is 0 Å². The normalized spacial score (nSPS) is 19.9. The van der Waals surface area contributed by atoms with E-state index in [1.807, 2.05) is 27.7 Å². The average molecular weight is 494 g/mol. The molecule has 0 aliphatic carbocycles. The van der Waals surface area contributed by atoms with Crippen molar-refractivity contribution in [1.82, 2.24) is 15.1 Å². The molecule has 202 valence electrons. The highest BCUT2D eigenvalue weighted by molar-refractivity contribution is 5.91. The highest BCUT2D eigenvalue weighted by Crippen LogP contribution is 2.23. The van der Waals surface area contributed by atoms with Crippen molar-refractivity contribution in [3.05, 3.63) is 11.6 Å². The summed E-state index contributed by atoms with van der Waals surface area (Å²) in [7, 11) is 1.75. The third-order valence-electron chi connectivity index (χ3n) is 7.11. The van der Waals surface area contributed by atoms with Gasteiger partial charge in [-0.15, -0.1) is 0 Å². The fourth-order valence-corrected chi connectivity index (χ4v) is 4.88. The minimum atomic E-state index is -0.625. The number of nitrogens with one attached hydrogen (secondary N) is 1. The maximum absolute atomic E-state index is 13.6. The summed E-state index contributed by atoms with van der Waals surface area (Å²) < 4.78 is 5.11. The van der Waals surface area contributed by atoms with Crippen molar-refractivity contribution in [2.24, 2.45) is 11.8 Å². The zero-order chi connectivity index (χ0) is 26.7. The second-order valence-corrected chi connectivity index (χ2v) is 10.7. The minimum absolute atomic E-state index is 0.0483. The van der Waals surface area contributed by atoms with Crippen molar-refractivity contribution in [3.63, 3.8) is 0 Å². The van der Waals surface area contributed by atoms with Gasteiger partial charge in [-0.1, -0.05) is 60.0 Å². The molecule has 0 spiro atoms. The zero-order valence-corrected chi connectivity index (χ0v) is 23.7. The Kier molecular flexibility index (Phi) is 13.6. The molecule has 1 N–H and O–H groups in total. The van der Waals surface area contributed by atoms with Crippen molar-refractivity contribution in [1.29, 1.82) is 0 Å². The van der Waals surface area contributed by atoms with Crippen LogP contribution in [0.5, 0.6) is 0 Å². The summed E-state index contributed by atoms with van der Waals surface area (Å²) in [6.45, 7) is 17.1. The molecule has 1 aliphatic rings. The van der Waals surface area contributed by atoms with Crippen LogP contribution in [0.25, 0.3) is 0 Å². The Morgan fingerprint density at radius 1 is 1.09 bits per heavy atom. The Bertz CT molecular complexity index is 719. The number of esters is 1. The van der Waals surface area contributed by atoms with Gasteiger partial charge in [0.15, 0.2) is 0 Å². The quantitative estimate of drug-likeness (QED) is 0.301. The molecule has 1 heterocycles. The topological polar surface area (TPSA) is 79.0 Å². The van der Waals surface area contributed by atoms with E-state index < -0.39 is 6.04 Å². The number of amides is 2. The number of unbranched alkanes of at least 4 members (excludes halogenated alkanes) is 1. The second-order valence-electron chi connectivity index (χ2n) is 10.7. The van der Waals surface area contributed by atoms with Crippen LogP contribution in [0.2, 0.25) is 0 Å². The molecule has 0 radical (unpaired) electrons. The summed E-state index contributed by atoms with van der Waals surface area (Å²) in [6, 6.07) is -0.755. The average Bonchev–Trinajstić information content (AvgIpc) is 2.82. The molecule has 1 saturated heterocycles. The van der Waals surface area contributed by atoms with Crippen LogP contribution >= 0.6 is 0 Å². The fourth-order valence-electron chi connectivity index (χ4n) is 4.88. The molecule has 1 aliphatic heterocycles. The number of hydrogen-bond donors (Lipinski definition) is 1. The van der Waals surface area contributed by atoms with E-state index in [2.05, 4.69) is 24.1 Å². The monoisotopic (exact) mass is 493 g/mol. The molecule has 1 fully saturated rings. The molecule has 7 nitrogen and oxygen atoms in total. The smallest absolute Gasteiger partial charge is 0.333 e. The number of likely N-dealkylation sites (tertiary alicyclic amines) is 1. The van der Waals surface area contributed by atoms with Gasteiger partial charge in [0.1, 0.15) is 6.04 Å². The zero-order valence-electron chi connectivity index (χ0n) is 23.7. The molecular formula is C28H51N3O4. The van der Waals surface area contributed by atoms with Gasteiger partial charge in [0.25, 0.3) is 0 Å². The third-order valence-corrected chi connectivity index (χ3v) is 7.11. The number of nitrogens with zero attached hydrogens (tertiary/aromatic N) is 2. The van der Waals surface area contributed by atoms with E-state index in [4.69, 9.17) is 4.74 Å². The molecule has 1 rings (SSSR count). The lowest BCUT2D eigenvalue weighted by atomic mass is 9.95. The first-order chi connectivity index (χ1) is 16.5. The summed E-state index contributed by atoms with van der Waals surface area (Å²) >= 11 is 0. The molecule has 0 bridgehead atoms. The molecule has 7 heteroatoms. The molecule has 0 aromatic carbocycles. The number of likely N-dealkylation sites (N-methyl/N-ethyl adjacent to an activating group) is 1. The van der Waals surface area contributed by atoms with Crippen LogP contribution < -0.4 is 5.32 Å². The summed E-state index contributed by atoms with van der Waals surface area (Å²) in [5.74, 6) is -0.534. The van der Waals surface area contributed by atoms with Gasteiger partial charge >= 0.3 is 5.97 Å². The Labute approximate surface area is 214 Å². The predicted molar refractivity (Wildman–Crippen MR) is 142 cm³/mol. The molecule has 1 unspecified atom stereocenters. The number of hydrogen-bond acceptors (Lipinski definition) is 5. The molecule has 0 aromatic rings. The third kappa shape index (κ3) is 9.25. The molecular weight excluding hydrogens is 442 g/mol. The number of piperidine rings is 1. The van der Waals surface area contributed by atoms with Crippen molar-refractivity contribution in [2.75, 3.05) is 20.2 Å². The van der Waals surface area contributed by atoms with Gasteiger partial charge in [0.2, 0.25) is 11.8 Å². The van der Waals surface area contributed by atoms with E-state index in [1.165, 1.54) is 0 Å². The fraction of sp³-hybridized carbons (Fsp3) is 0.821. The summed E-state index contributed by atoms with van der Waals surface area (Å²) in [4.78, 5) is 43.3. The van der Waals surface area contributed by atoms with E-state index >= 15 is 0 Å². The van der Waals surface area contributed by atoms with Gasteiger partial charge < -0.3 is 15.0 Å². The van der Waals surface area contributed by atoms with E-state index in [0.29, 0.717) is 18.2 Å². The Morgan fingerprint density at radius 2 is 1.74 bits per heavy atom. The summed E-state index contributed by atoms with van der Waals surface area (Å²) in [6.07, 6.45) is 8.15. The number of rotatable bonds is 13. The number of carbonyl (C=O) groups is 3. The van der Waals surface area contributed by atoms with Crippen molar-refractivity contribution < 1.29 is 19.1 Å². The van der Waals surface area contributed by atoms with Gasteiger partial charge in [-0.05, 0) is 58.4 Å². The maximum Gasteiger partial charge on any atom is 0.333 e. The van der Waals surface area contributed by atoms with Crippen LogP contribution in [-0.2, 0) is 19.1 Å². The summed E-state index contributed by atoms with van der Waals surface area (Å²) in [5.41, 5.74) is 0.481. The standard InChI is InChI=1S/C28H51N3O4/c1-10-12-15-22(8)31-17-14-13-16-23(31)26(32)29-25(20(5)6)27(33)30(9)24(19(3)4)18-21(7)28(34)35-11-2/h18-20,22-25H,10-17H2,1-9H3,(H,29,32)/b21-18+/t22?,23-,24-,25+/m1/s1. The molecule has 2 amide bonds. The Morgan fingerprint density at radius 3 is 2.29 bits per heavy atom. The lowest BCUT2D eigenvalue weighted by Gasteiger charge is -2.40. The first-order valence-corrected chi connectivity index (χ1v) is 13.6.